The Balaban J connectivity index is 1.86. The van der Waals surface area contributed by atoms with Crippen molar-refractivity contribution in [3.8, 4) is 11.5 Å². The van der Waals surface area contributed by atoms with E-state index in [0.717, 1.165) is 0 Å². The van der Waals surface area contributed by atoms with Crippen molar-refractivity contribution >= 4 is 6.03 Å². The van der Waals surface area contributed by atoms with Crippen molar-refractivity contribution in [3.05, 3.63) is 42.5 Å². The number of hydrogen-bond acceptors (Lipinski definition) is 5. The summed E-state index contributed by atoms with van der Waals surface area (Å²) in [6, 6.07) is 4.70. The molecule has 0 aliphatic carbocycles. The van der Waals surface area contributed by atoms with Gasteiger partial charge in [0.1, 0.15) is 17.6 Å². The van der Waals surface area contributed by atoms with Gasteiger partial charge in [-0.3, -0.25) is 0 Å². The molecule has 8 nitrogen and oxygen atoms in total. The van der Waals surface area contributed by atoms with E-state index in [-0.39, 0.29) is 18.6 Å². The van der Waals surface area contributed by atoms with Crippen molar-refractivity contribution in [1.29, 1.82) is 0 Å². The van der Waals surface area contributed by atoms with Crippen LogP contribution in [0.3, 0.4) is 0 Å². The first-order valence-electron chi connectivity index (χ1n) is 7.93. The number of ether oxygens (including phenoxy) is 2. The van der Waals surface area contributed by atoms with Crippen LogP contribution in [0.25, 0.3) is 0 Å². The minimum Gasteiger partial charge on any atom is -0.497 e. The van der Waals surface area contributed by atoms with Gasteiger partial charge in [-0.05, 0) is 25.1 Å². The second-order valence-corrected chi connectivity index (χ2v) is 5.64. The number of aliphatic hydroxyl groups is 1. The van der Waals surface area contributed by atoms with Crippen LogP contribution in [0.2, 0.25) is 0 Å². The second-order valence-electron chi connectivity index (χ2n) is 5.64. The van der Waals surface area contributed by atoms with Gasteiger partial charge in [-0.15, -0.1) is 0 Å². The summed E-state index contributed by atoms with van der Waals surface area (Å²) in [5.74, 6) is 1.14. The number of aliphatic hydroxyl groups excluding tert-OH is 1. The van der Waals surface area contributed by atoms with Crippen molar-refractivity contribution in [1.82, 2.24) is 20.2 Å². The number of benzene rings is 1. The molecule has 0 spiro atoms. The molecular weight excluding hydrogens is 324 g/mol. The number of amides is 2. The van der Waals surface area contributed by atoms with E-state index in [2.05, 4.69) is 15.6 Å². The summed E-state index contributed by atoms with van der Waals surface area (Å²) >= 11 is 0. The SMILES string of the molecule is COc1ccc(OC)c([C@H](O)CNC(=O)N[C@H](C)Cn2ccnc2)c1. The predicted octanol–water partition coefficient (Wildman–Crippen LogP) is 1.32. The Hall–Kier alpha value is -2.74. The molecule has 0 saturated carbocycles. The summed E-state index contributed by atoms with van der Waals surface area (Å²) < 4.78 is 12.3. The number of hydrogen-bond donors (Lipinski definition) is 3. The van der Waals surface area contributed by atoms with Crippen LogP contribution in [-0.4, -0.2) is 47.5 Å². The zero-order valence-corrected chi connectivity index (χ0v) is 14.6. The Labute approximate surface area is 146 Å². The highest BCUT2D eigenvalue weighted by molar-refractivity contribution is 5.74. The summed E-state index contributed by atoms with van der Waals surface area (Å²) in [5, 5.41) is 15.8. The van der Waals surface area contributed by atoms with Gasteiger partial charge >= 0.3 is 6.03 Å². The molecule has 25 heavy (non-hydrogen) atoms. The number of imidazole rings is 1. The van der Waals surface area contributed by atoms with Crippen LogP contribution in [0.1, 0.15) is 18.6 Å². The summed E-state index contributed by atoms with van der Waals surface area (Å²) in [7, 11) is 3.07. The molecule has 136 valence electrons. The minimum absolute atomic E-state index is 0.0488. The average molecular weight is 348 g/mol. The molecule has 0 radical (unpaired) electrons. The van der Waals surface area contributed by atoms with Crippen molar-refractivity contribution in [2.75, 3.05) is 20.8 Å². The first-order valence-corrected chi connectivity index (χ1v) is 7.93. The predicted molar refractivity (Wildman–Crippen MR) is 92.7 cm³/mol. The maximum atomic E-state index is 12.0. The van der Waals surface area contributed by atoms with E-state index >= 15 is 0 Å². The van der Waals surface area contributed by atoms with Gasteiger partial charge in [0.2, 0.25) is 0 Å². The van der Waals surface area contributed by atoms with Crippen LogP contribution in [0.4, 0.5) is 4.79 Å². The maximum Gasteiger partial charge on any atom is 0.315 e. The standard InChI is InChI=1S/C17H24N4O4/c1-12(10-21-7-6-18-11-21)20-17(23)19-9-15(22)14-8-13(24-2)4-5-16(14)25-3/h4-8,11-12,15,22H,9-10H2,1-3H3,(H2,19,20,23)/t12-,15-/m1/s1. The van der Waals surface area contributed by atoms with Crippen LogP contribution in [0.15, 0.2) is 36.9 Å². The number of urea groups is 1. The first kappa shape index (κ1) is 18.6. The number of carbonyl (C=O) groups is 1. The van der Waals surface area contributed by atoms with E-state index < -0.39 is 6.10 Å². The number of nitrogens with one attached hydrogen (secondary N) is 2. The number of nitrogens with zero attached hydrogens (tertiary/aromatic N) is 2. The highest BCUT2D eigenvalue weighted by atomic mass is 16.5. The molecule has 0 aliphatic rings. The molecule has 0 aliphatic heterocycles. The average Bonchev–Trinajstić information content (AvgIpc) is 3.11. The molecule has 2 atom stereocenters. The Bertz CT molecular complexity index is 675. The largest absolute Gasteiger partial charge is 0.497 e. The van der Waals surface area contributed by atoms with E-state index in [9.17, 15) is 9.90 Å². The minimum atomic E-state index is -0.917. The first-order chi connectivity index (χ1) is 12.0. The molecule has 8 heteroatoms. The summed E-state index contributed by atoms with van der Waals surface area (Å²) in [5.41, 5.74) is 0.550. The normalized spacial score (nSPS) is 13.0. The number of carbonyl (C=O) groups excluding carboxylic acids is 1. The Morgan fingerprint density at radius 1 is 1.36 bits per heavy atom. The molecule has 0 fully saturated rings. The van der Waals surface area contributed by atoms with Crippen molar-refractivity contribution in [3.63, 3.8) is 0 Å². The van der Waals surface area contributed by atoms with Crippen molar-refractivity contribution in [2.24, 2.45) is 0 Å². The lowest BCUT2D eigenvalue weighted by Crippen LogP contribution is -2.43. The van der Waals surface area contributed by atoms with E-state index in [1.165, 1.54) is 7.11 Å². The lowest BCUT2D eigenvalue weighted by atomic mass is 10.1. The van der Waals surface area contributed by atoms with E-state index in [1.807, 2.05) is 17.7 Å². The molecule has 1 aromatic carbocycles. The van der Waals surface area contributed by atoms with E-state index in [0.29, 0.717) is 23.6 Å². The van der Waals surface area contributed by atoms with Gasteiger partial charge < -0.3 is 29.8 Å². The Morgan fingerprint density at radius 2 is 2.16 bits per heavy atom. The molecule has 0 saturated heterocycles. The van der Waals surface area contributed by atoms with Gasteiger partial charge in [0.25, 0.3) is 0 Å². The third kappa shape index (κ3) is 5.39. The van der Waals surface area contributed by atoms with Gasteiger partial charge in [-0.2, -0.15) is 0 Å². The Morgan fingerprint density at radius 3 is 2.80 bits per heavy atom. The van der Waals surface area contributed by atoms with Gasteiger partial charge in [0.05, 0.1) is 20.5 Å². The van der Waals surface area contributed by atoms with Crippen molar-refractivity contribution in [2.45, 2.75) is 25.6 Å². The van der Waals surface area contributed by atoms with Crippen LogP contribution >= 0.6 is 0 Å². The van der Waals surface area contributed by atoms with E-state index in [4.69, 9.17) is 9.47 Å². The lowest BCUT2D eigenvalue weighted by molar-refractivity contribution is 0.168. The molecule has 1 heterocycles. The van der Waals surface area contributed by atoms with Gasteiger partial charge in [0, 0.05) is 37.1 Å². The monoisotopic (exact) mass is 348 g/mol. The second kappa shape index (κ2) is 8.93. The maximum absolute atomic E-state index is 12.0. The molecule has 0 unspecified atom stereocenters. The third-order valence-electron chi connectivity index (χ3n) is 3.67. The highest BCUT2D eigenvalue weighted by Gasteiger charge is 2.16. The van der Waals surface area contributed by atoms with Crippen LogP contribution < -0.4 is 20.1 Å². The van der Waals surface area contributed by atoms with Crippen LogP contribution in [0.5, 0.6) is 11.5 Å². The summed E-state index contributed by atoms with van der Waals surface area (Å²) in [6.45, 7) is 2.55. The molecule has 2 rings (SSSR count). The van der Waals surface area contributed by atoms with Gasteiger partial charge in [-0.1, -0.05) is 0 Å². The Kier molecular flexibility index (Phi) is 6.64. The smallest absolute Gasteiger partial charge is 0.315 e. The number of rotatable bonds is 8. The highest BCUT2D eigenvalue weighted by Crippen LogP contribution is 2.28. The lowest BCUT2D eigenvalue weighted by Gasteiger charge is -2.18. The van der Waals surface area contributed by atoms with Gasteiger partial charge in [-0.25, -0.2) is 9.78 Å². The molecule has 1 aromatic heterocycles. The fourth-order valence-electron chi connectivity index (χ4n) is 2.43. The zero-order valence-electron chi connectivity index (χ0n) is 14.6. The topological polar surface area (TPSA) is 97.6 Å². The summed E-state index contributed by atoms with van der Waals surface area (Å²) in [6.07, 6.45) is 4.29. The fourth-order valence-corrected chi connectivity index (χ4v) is 2.43. The fraction of sp³-hybridized carbons (Fsp3) is 0.412. The zero-order chi connectivity index (χ0) is 18.2. The molecule has 2 amide bonds. The van der Waals surface area contributed by atoms with E-state index in [1.54, 1.807) is 37.8 Å². The van der Waals surface area contributed by atoms with Crippen LogP contribution in [0, 0.1) is 0 Å². The van der Waals surface area contributed by atoms with Crippen LogP contribution in [-0.2, 0) is 6.54 Å². The third-order valence-corrected chi connectivity index (χ3v) is 3.67. The molecule has 2 aromatic rings. The molecule has 0 bridgehead atoms. The number of methoxy groups -OCH3 is 2. The van der Waals surface area contributed by atoms with Crippen molar-refractivity contribution < 1.29 is 19.4 Å². The quantitative estimate of drug-likeness (QED) is 0.668. The molecular formula is C17H24N4O4. The summed E-state index contributed by atoms with van der Waals surface area (Å²) in [4.78, 5) is 15.9. The number of aromatic nitrogens is 2. The van der Waals surface area contributed by atoms with Gasteiger partial charge in [0.15, 0.2) is 0 Å². The molecule has 3 N–H and O–H groups in total.